The number of rotatable bonds is 3. The number of H-pyrrole nitrogens is 1. The molecule has 1 aliphatic carbocycles. The van der Waals surface area contributed by atoms with Crippen LogP contribution < -0.4 is 0 Å². The lowest BCUT2D eigenvalue weighted by Gasteiger charge is -2.13. The van der Waals surface area contributed by atoms with Crippen molar-refractivity contribution in [3.63, 3.8) is 0 Å². The van der Waals surface area contributed by atoms with Crippen LogP contribution in [-0.2, 0) is 6.54 Å². The van der Waals surface area contributed by atoms with E-state index in [4.69, 9.17) is 23.8 Å². The average Bonchev–Trinajstić information content (AvgIpc) is 3.03. The molecular weight excluding hydrogens is 252 g/mol. The fourth-order valence-corrected chi connectivity index (χ4v) is 2.86. The number of nitrogens with one attached hydrogen (secondary N) is 1. The monoisotopic (exact) mass is 266 g/mol. The molecule has 1 aromatic heterocycles. The van der Waals surface area contributed by atoms with Gasteiger partial charge >= 0.3 is 0 Å². The number of aromatic amines is 1. The average molecular weight is 267 g/mol. The van der Waals surface area contributed by atoms with Crippen LogP contribution in [0.3, 0.4) is 0 Å². The third-order valence-corrected chi connectivity index (χ3v) is 4.50. The lowest BCUT2D eigenvalue weighted by Crippen LogP contribution is -2.10. The zero-order valence-corrected chi connectivity index (χ0v) is 11.4. The molecule has 1 saturated carbocycles. The summed E-state index contributed by atoms with van der Waals surface area (Å²) >= 11 is 11.5. The summed E-state index contributed by atoms with van der Waals surface area (Å²) in [4.78, 5) is 3.25. The zero-order valence-electron chi connectivity index (χ0n) is 9.79. The highest BCUT2D eigenvalue weighted by atomic mass is 35.5. The van der Waals surface area contributed by atoms with Gasteiger partial charge in [0.2, 0.25) is 0 Å². The molecule has 0 radical (unpaired) electrons. The molecule has 90 valence electrons. The minimum Gasteiger partial charge on any atom is -0.331 e. The molecule has 0 spiro atoms. The minimum absolute atomic E-state index is 0.482. The number of fused-ring (bicyclic) bond motifs is 1. The highest BCUT2D eigenvalue weighted by Crippen LogP contribution is 2.50. The molecule has 3 rings (SSSR count). The van der Waals surface area contributed by atoms with E-state index in [1.165, 1.54) is 19.3 Å². The van der Waals surface area contributed by atoms with Crippen molar-refractivity contribution in [3.05, 3.63) is 28.0 Å². The molecule has 1 aromatic carbocycles. The first-order chi connectivity index (χ1) is 8.13. The Hall–Kier alpha value is -0.800. The molecule has 0 unspecified atom stereocenters. The zero-order chi connectivity index (χ0) is 12.0. The van der Waals surface area contributed by atoms with Gasteiger partial charge in [-0.3, -0.25) is 0 Å². The first kappa shape index (κ1) is 11.3. The van der Waals surface area contributed by atoms with E-state index < -0.39 is 0 Å². The SMILES string of the molecule is CCC1(Cn2c(=S)[nH]c3ccc(Cl)cc32)CC1. The molecule has 0 bridgehead atoms. The Bertz CT molecular complexity index is 622. The van der Waals surface area contributed by atoms with Crippen LogP contribution >= 0.6 is 23.8 Å². The van der Waals surface area contributed by atoms with Crippen LogP contribution in [0, 0.1) is 10.2 Å². The first-order valence-corrected chi connectivity index (χ1v) is 6.80. The van der Waals surface area contributed by atoms with Gasteiger partial charge in [-0.1, -0.05) is 18.5 Å². The van der Waals surface area contributed by atoms with Crippen molar-refractivity contribution in [1.29, 1.82) is 0 Å². The highest BCUT2D eigenvalue weighted by molar-refractivity contribution is 7.71. The van der Waals surface area contributed by atoms with Crippen LogP contribution in [0.5, 0.6) is 0 Å². The molecule has 2 nitrogen and oxygen atoms in total. The predicted molar refractivity (Wildman–Crippen MR) is 74.1 cm³/mol. The summed E-state index contributed by atoms with van der Waals surface area (Å²) in [6.45, 7) is 3.28. The van der Waals surface area contributed by atoms with E-state index in [1.54, 1.807) is 0 Å². The fourth-order valence-electron chi connectivity index (χ4n) is 2.42. The molecule has 0 atom stereocenters. The molecule has 17 heavy (non-hydrogen) atoms. The maximum absolute atomic E-state index is 6.06. The van der Waals surface area contributed by atoms with Crippen molar-refractivity contribution >= 4 is 34.9 Å². The summed E-state index contributed by atoms with van der Waals surface area (Å²) in [5.41, 5.74) is 2.68. The molecule has 0 amide bonds. The molecule has 1 aliphatic rings. The van der Waals surface area contributed by atoms with Crippen molar-refractivity contribution < 1.29 is 0 Å². The van der Waals surface area contributed by atoms with Crippen LogP contribution in [0.15, 0.2) is 18.2 Å². The lowest BCUT2D eigenvalue weighted by molar-refractivity contribution is 0.413. The number of imidazole rings is 1. The number of hydrogen-bond donors (Lipinski definition) is 1. The Morgan fingerprint density at radius 2 is 2.24 bits per heavy atom. The van der Waals surface area contributed by atoms with Crippen molar-refractivity contribution in [3.8, 4) is 0 Å². The standard InChI is InChI=1S/C13H15ClN2S/c1-2-13(5-6-13)8-16-11-7-9(14)3-4-10(11)15-12(16)17/h3-4,7H,2,5-6,8H2,1H3,(H,15,17). The summed E-state index contributed by atoms with van der Waals surface area (Å²) in [5, 5.41) is 0.765. The van der Waals surface area contributed by atoms with Gasteiger partial charge in [-0.25, -0.2) is 0 Å². The van der Waals surface area contributed by atoms with Crippen molar-refractivity contribution in [2.45, 2.75) is 32.7 Å². The Morgan fingerprint density at radius 3 is 2.88 bits per heavy atom. The van der Waals surface area contributed by atoms with Gasteiger partial charge in [0, 0.05) is 11.6 Å². The Labute approximate surface area is 111 Å². The van der Waals surface area contributed by atoms with Gasteiger partial charge in [-0.15, -0.1) is 0 Å². The first-order valence-electron chi connectivity index (χ1n) is 6.02. The van der Waals surface area contributed by atoms with Gasteiger partial charge in [0.25, 0.3) is 0 Å². The molecular formula is C13H15ClN2S. The van der Waals surface area contributed by atoms with E-state index in [-0.39, 0.29) is 0 Å². The van der Waals surface area contributed by atoms with Gasteiger partial charge in [-0.05, 0) is 55.1 Å². The van der Waals surface area contributed by atoms with E-state index in [9.17, 15) is 0 Å². The summed E-state index contributed by atoms with van der Waals surface area (Å²) < 4.78 is 3.01. The maximum Gasteiger partial charge on any atom is 0.178 e. The summed E-state index contributed by atoms with van der Waals surface area (Å²) in [7, 11) is 0. The van der Waals surface area contributed by atoms with Crippen LogP contribution in [-0.4, -0.2) is 9.55 Å². The quantitative estimate of drug-likeness (QED) is 0.809. The lowest BCUT2D eigenvalue weighted by atomic mass is 10.0. The minimum atomic E-state index is 0.482. The number of halogens is 1. The van der Waals surface area contributed by atoms with E-state index in [0.29, 0.717) is 5.41 Å². The van der Waals surface area contributed by atoms with E-state index in [0.717, 1.165) is 27.4 Å². The Kier molecular flexibility index (Phi) is 2.56. The summed E-state index contributed by atoms with van der Waals surface area (Å²) in [6, 6.07) is 5.89. The van der Waals surface area contributed by atoms with Crippen LogP contribution in [0.1, 0.15) is 26.2 Å². The normalized spacial score (nSPS) is 17.5. The molecule has 0 aliphatic heterocycles. The number of nitrogens with zero attached hydrogens (tertiary/aromatic N) is 1. The predicted octanol–water partition coefficient (Wildman–Crippen LogP) is 4.54. The second-order valence-electron chi connectivity index (χ2n) is 5.03. The molecule has 4 heteroatoms. The third-order valence-electron chi connectivity index (χ3n) is 3.94. The number of hydrogen-bond acceptors (Lipinski definition) is 1. The van der Waals surface area contributed by atoms with Crippen molar-refractivity contribution in [2.24, 2.45) is 5.41 Å². The Balaban J connectivity index is 2.11. The molecule has 0 saturated heterocycles. The van der Waals surface area contributed by atoms with Crippen molar-refractivity contribution in [1.82, 2.24) is 9.55 Å². The van der Waals surface area contributed by atoms with Gasteiger partial charge < -0.3 is 9.55 Å². The van der Waals surface area contributed by atoms with Crippen molar-refractivity contribution in [2.75, 3.05) is 0 Å². The summed E-state index contributed by atoms with van der Waals surface area (Å²) in [5.74, 6) is 0. The smallest absolute Gasteiger partial charge is 0.178 e. The van der Waals surface area contributed by atoms with Crippen LogP contribution in [0.25, 0.3) is 11.0 Å². The van der Waals surface area contributed by atoms with Gasteiger partial charge in [-0.2, -0.15) is 0 Å². The number of aromatic nitrogens is 2. The van der Waals surface area contributed by atoms with Gasteiger partial charge in [0.15, 0.2) is 4.77 Å². The fraction of sp³-hybridized carbons (Fsp3) is 0.462. The largest absolute Gasteiger partial charge is 0.331 e. The van der Waals surface area contributed by atoms with Gasteiger partial charge in [0.1, 0.15) is 0 Å². The van der Waals surface area contributed by atoms with E-state index in [1.807, 2.05) is 18.2 Å². The molecule has 1 fully saturated rings. The molecule has 2 aromatic rings. The molecule has 1 N–H and O–H groups in total. The second-order valence-corrected chi connectivity index (χ2v) is 5.85. The second kappa shape index (κ2) is 3.85. The van der Waals surface area contributed by atoms with Crippen LogP contribution in [0.4, 0.5) is 0 Å². The maximum atomic E-state index is 6.06. The van der Waals surface area contributed by atoms with Crippen LogP contribution in [0.2, 0.25) is 5.02 Å². The Morgan fingerprint density at radius 1 is 1.47 bits per heavy atom. The van der Waals surface area contributed by atoms with Gasteiger partial charge in [0.05, 0.1) is 11.0 Å². The molecule has 1 heterocycles. The highest BCUT2D eigenvalue weighted by Gasteiger charge is 2.41. The van der Waals surface area contributed by atoms with E-state index in [2.05, 4.69) is 16.5 Å². The number of benzene rings is 1. The third kappa shape index (κ3) is 1.91. The topological polar surface area (TPSA) is 20.7 Å². The summed E-state index contributed by atoms with van der Waals surface area (Å²) in [6.07, 6.45) is 3.86. The van der Waals surface area contributed by atoms with E-state index >= 15 is 0 Å².